The summed E-state index contributed by atoms with van der Waals surface area (Å²) in [5.74, 6) is 0.802. The Bertz CT molecular complexity index is 1400. The first-order valence-corrected chi connectivity index (χ1v) is 13.3. The van der Waals surface area contributed by atoms with E-state index in [-0.39, 0.29) is 12.3 Å². The van der Waals surface area contributed by atoms with E-state index in [0.717, 1.165) is 43.8 Å². The summed E-state index contributed by atoms with van der Waals surface area (Å²) < 4.78 is 6.84. The van der Waals surface area contributed by atoms with Gasteiger partial charge in [-0.1, -0.05) is 65.9 Å². The van der Waals surface area contributed by atoms with Gasteiger partial charge in [-0.3, -0.25) is 9.69 Å². The lowest BCUT2D eigenvalue weighted by molar-refractivity contribution is -0.118. The van der Waals surface area contributed by atoms with E-state index < -0.39 is 0 Å². The van der Waals surface area contributed by atoms with E-state index in [4.69, 9.17) is 14.7 Å². The van der Waals surface area contributed by atoms with Crippen molar-refractivity contribution in [3.8, 4) is 16.3 Å². The second kappa shape index (κ2) is 10.8. The largest absolute Gasteiger partial charge is 0.493 e. The number of anilines is 1. The van der Waals surface area contributed by atoms with Crippen LogP contribution in [0.1, 0.15) is 18.2 Å². The van der Waals surface area contributed by atoms with Crippen molar-refractivity contribution in [2.24, 2.45) is 0 Å². The van der Waals surface area contributed by atoms with Gasteiger partial charge in [0.05, 0.1) is 34.5 Å². The van der Waals surface area contributed by atoms with Gasteiger partial charge in [0.25, 0.3) is 0 Å². The molecule has 2 aromatic heterocycles. The number of rotatable bonds is 9. The van der Waals surface area contributed by atoms with Crippen LogP contribution in [0.5, 0.6) is 5.75 Å². The Balaban J connectivity index is 1.39. The lowest BCUT2D eigenvalue weighted by atomic mass is 10.1. The van der Waals surface area contributed by atoms with Crippen LogP contribution in [0, 0.1) is 0 Å². The summed E-state index contributed by atoms with van der Waals surface area (Å²) in [5.41, 5.74) is 3.81. The Morgan fingerprint density at radius 1 is 0.943 bits per heavy atom. The number of hydrogen-bond donors (Lipinski definition) is 0. The summed E-state index contributed by atoms with van der Waals surface area (Å²) in [6.07, 6.45) is 0.977. The van der Waals surface area contributed by atoms with Crippen LogP contribution >= 0.6 is 22.7 Å². The smallest absolute Gasteiger partial charge is 0.234 e. The molecule has 0 saturated heterocycles. The molecule has 0 N–H and O–H groups in total. The monoisotopic (exact) mass is 499 g/mol. The Hall–Kier alpha value is -3.55. The average molecular weight is 500 g/mol. The Morgan fingerprint density at radius 3 is 2.54 bits per heavy atom. The first-order valence-electron chi connectivity index (χ1n) is 11.6. The highest BCUT2D eigenvalue weighted by Gasteiger charge is 2.21. The Kier molecular flexibility index (Phi) is 7.16. The maximum atomic E-state index is 13.6. The first kappa shape index (κ1) is 23.2. The average Bonchev–Trinajstić information content (AvgIpc) is 3.52. The molecule has 0 saturated carbocycles. The molecule has 0 unspecified atom stereocenters. The molecule has 5 aromatic rings. The molecule has 0 spiro atoms. The van der Waals surface area contributed by atoms with Crippen molar-refractivity contribution in [1.29, 1.82) is 0 Å². The topological polar surface area (TPSA) is 55.3 Å². The van der Waals surface area contributed by atoms with E-state index in [1.54, 1.807) is 11.3 Å². The highest BCUT2D eigenvalue weighted by Crippen LogP contribution is 2.33. The van der Waals surface area contributed by atoms with Crippen LogP contribution in [0.4, 0.5) is 5.13 Å². The van der Waals surface area contributed by atoms with Crippen LogP contribution in [0.25, 0.3) is 20.8 Å². The quantitative estimate of drug-likeness (QED) is 0.228. The number of carbonyl (C=O) groups excluding carboxylic acids is 1. The van der Waals surface area contributed by atoms with Crippen molar-refractivity contribution < 1.29 is 9.53 Å². The van der Waals surface area contributed by atoms with Crippen molar-refractivity contribution in [3.63, 3.8) is 0 Å². The highest BCUT2D eigenvalue weighted by molar-refractivity contribution is 7.22. The lowest BCUT2D eigenvalue weighted by Crippen LogP contribution is -2.34. The second-order valence-corrected chi connectivity index (χ2v) is 9.86. The van der Waals surface area contributed by atoms with Crippen LogP contribution in [-0.4, -0.2) is 29.0 Å². The molecule has 1 amide bonds. The van der Waals surface area contributed by atoms with Crippen molar-refractivity contribution in [2.45, 2.75) is 19.8 Å². The molecule has 2 heterocycles. The van der Waals surface area contributed by atoms with Crippen molar-refractivity contribution in [2.75, 3.05) is 18.1 Å². The number of para-hydroxylation sites is 2. The lowest BCUT2D eigenvalue weighted by Gasteiger charge is -2.19. The summed E-state index contributed by atoms with van der Waals surface area (Å²) in [6, 6.07) is 26.1. The summed E-state index contributed by atoms with van der Waals surface area (Å²) in [4.78, 5) is 24.9. The number of hydrogen-bond acceptors (Lipinski definition) is 6. The van der Waals surface area contributed by atoms with Gasteiger partial charge in [0, 0.05) is 11.9 Å². The van der Waals surface area contributed by atoms with Gasteiger partial charge in [0.2, 0.25) is 5.91 Å². The van der Waals surface area contributed by atoms with Gasteiger partial charge in [-0.25, -0.2) is 9.97 Å². The molecule has 35 heavy (non-hydrogen) atoms. The fourth-order valence-corrected chi connectivity index (χ4v) is 5.73. The summed E-state index contributed by atoms with van der Waals surface area (Å²) in [5, 5.41) is 3.54. The minimum atomic E-state index is -0.00469. The molecule has 0 aliphatic heterocycles. The fourth-order valence-electron chi connectivity index (χ4n) is 3.88. The molecule has 0 aliphatic rings. The third kappa shape index (κ3) is 5.42. The maximum absolute atomic E-state index is 13.6. The number of nitrogens with zero attached hydrogens (tertiary/aromatic N) is 3. The van der Waals surface area contributed by atoms with Crippen LogP contribution in [-0.2, 0) is 17.6 Å². The van der Waals surface area contributed by atoms with E-state index in [1.165, 1.54) is 16.9 Å². The molecule has 0 aliphatic carbocycles. The zero-order valence-electron chi connectivity index (χ0n) is 19.4. The number of benzene rings is 3. The van der Waals surface area contributed by atoms with Crippen molar-refractivity contribution in [3.05, 3.63) is 95.5 Å². The molecule has 0 bridgehead atoms. The molecule has 0 atom stereocenters. The second-order valence-electron chi connectivity index (χ2n) is 8.00. The first-order chi connectivity index (χ1) is 17.2. The molecule has 0 fully saturated rings. The normalized spacial score (nSPS) is 11.0. The van der Waals surface area contributed by atoms with E-state index in [9.17, 15) is 4.79 Å². The van der Waals surface area contributed by atoms with Crippen molar-refractivity contribution >= 4 is 43.9 Å². The molecule has 7 heteroatoms. The standard InChI is InChI=1S/C28H25N3O2S2/c1-2-33-24-14-8-6-12-22(24)27-29-21(19-34-27)18-26(32)31(17-16-20-10-4-3-5-11-20)28-30-23-13-7-9-15-25(23)35-28/h3-15,19H,2,16-18H2,1H3. The molecule has 5 rings (SSSR count). The van der Waals surface area contributed by atoms with Crippen LogP contribution < -0.4 is 9.64 Å². The predicted octanol–water partition coefficient (Wildman–Crippen LogP) is 6.64. The van der Waals surface area contributed by atoms with Gasteiger partial charge >= 0.3 is 0 Å². The predicted molar refractivity (Wildman–Crippen MR) is 145 cm³/mol. The van der Waals surface area contributed by atoms with E-state index in [2.05, 4.69) is 12.1 Å². The third-order valence-corrected chi connectivity index (χ3v) is 7.57. The zero-order valence-corrected chi connectivity index (χ0v) is 21.0. The zero-order chi connectivity index (χ0) is 24.0. The molecule has 3 aromatic carbocycles. The van der Waals surface area contributed by atoms with Gasteiger partial charge in [-0.2, -0.15) is 0 Å². The molecule has 0 radical (unpaired) electrons. The van der Waals surface area contributed by atoms with Crippen LogP contribution in [0.2, 0.25) is 0 Å². The summed E-state index contributed by atoms with van der Waals surface area (Å²) in [6.45, 7) is 3.12. The van der Waals surface area contributed by atoms with Gasteiger partial charge in [0.1, 0.15) is 10.8 Å². The Labute approximate surface area is 212 Å². The Morgan fingerprint density at radius 2 is 1.71 bits per heavy atom. The van der Waals surface area contributed by atoms with Gasteiger partial charge in [0.15, 0.2) is 5.13 Å². The molecular weight excluding hydrogens is 474 g/mol. The number of ether oxygens (including phenoxy) is 1. The van der Waals surface area contributed by atoms with Crippen molar-refractivity contribution in [1.82, 2.24) is 9.97 Å². The molecular formula is C28H25N3O2S2. The van der Waals surface area contributed by atoms with Gasteiger partial charge < -0.3 is 4.74 Å². The maximum Gasteiger partial charge on any atom is 0.234 e. The fraction of sp³-hybridized carbons (Fsp3) is 0.179. The third-order valence-electron chi connectivity index (χ3n) is 5.58. The number of amides is 1. The minimum Gasteiger partial charge on any atom is -0.493 e. The number of thiazole rings is 2. The van der Waals surface area contributed by atoms with Gasteiger partial charge in [-0.15, -0.1) is 11.3 Å². The summed E-state index contributed by atoms with van der Waals surface area (Å²) >= 11 is 3.08. The SMILES string of the molecule is CCOc1ccccc1-c1nc(CC(=O)N(CCc2ccccc2)c2nc3ccccc3s2)cs1. The van der Waals surface area contributed by atoms with E-state index in [0.29, 0.717) is 13.2 Å². The molecule has 176 valence electrons. The van der Waals surface area contributed by atoms with E-state index >= 15 is 0 Å². The van der Waals surface area contributed by atoms with Gasteiger partial charge in [-0.05, 0) is 43.2 Å². The number of carbonyl (C=O) groups is 1. The number of aromatic nitrogens is 2. The number of fused-ring (bicyclic) bond motifs is 1. The minimum absolute atomic E-state index is 0.00469. The van der Waals surface area contributed by atoms with Crippen LogP contribution in [0.15, 0.2) is 84.2 Å². The van der Waals surface area contributed by atoms with Crippen LogP contribution in [0.3, 0.4) is 0 Å². The highest BCUT2D eigenvalue weighted by atomic mass is 32.1. The van der Waals surface area contributed by atoms with E-state index in [1.807, 2.05) is 83.9 Å². The molecule has 5 nitrogen and oxygen atoms in total. The summed E-state index contributed by atoms with van der Waals surface area (Å²) in [7, 11) is 0.